The lowest BCUT2D eigenvalue weighted by Crippen LogP contribution is -2.53. The lowest BCUT2D eigenvalue weighted by Gasteiger charge is -2.59. The van der Waals surface area contributed by atoms with Gasteiger partial charge in [-0.15, -0.1) is 0 Å². The van der Waals surface area contributed by atoms with E-state index in [1.807, 2.05) is 6.08 Å². The normalized spacial score (nSPS) is 54.6. The topological polar surface area (TPSA) is 46.5 Å². The Hall–Kier alpha value is -0.670. The Bertz CT molecular complexity index is 742. The second-order valence-electron chi connectivity index (χ2n) is 12.5. The van der Waals surface area contributed by atoms with Gasteiger partial charge in [0.2, 0.25) is 0 Å². The first-order valence-corrected chi connectivity index (χ1v) is 12.7. The summed E-state index contributed by atoms with van der Waals surface area (Å²) in [4.78, 5) is 12.1. The maximum atomic E-state index is 12.1. The number of carbonyl (C=O) groups excluding carboxylic acids is 1. The van der Waals surface area contributed by atoms with Gasteiger partial charge in [0.15, 0.2) is 11.6 Å². The zero-order valence-corrected chi connectivity index (χ0v) is 19.7. The monoisotopic (exact) mass is 414 g/mol. The molecule has 3 saturated carbocycles. The Kier molecular flexibility index (Phi) is 4.88. The van der Waals surface area contributed by atoms with Gasteiger partial charge < -0.3 is 9.84 Å². The summed E-state index contributed by atoms with van der Waals surface area (Å²) in [6.07, 6.45) is 13.1. The van der Waals surface area contributed by atoms with Crippen molar-refractivity contribution in [2.75, 3.05) is 0 Å². The largest absolute Gasteiger partial charge is 0.365 e. The van der Waals surface area contributed by atoms with E-state index in [9.17, 15) is 9.90 Å². The van der Waals surface area contributed by atoms with E-state index in [4.69, 9.17) is 4.74 Å². The van der Waals surface area contributed by atoms with Crippen molar-refractivity contribution in [1.82, 2.24) is 0 Å². The molecule has 0 aromatic heterocycles. The molecule has 0 amide bonds. The molecule has 5 aliphatic rings. The van der Waals surface area contributed by atoms with Gasteiger partial charge in [-0.1, -0.05) is 40.7 Å². The van der Waals surface area contributed by atoms with E-state index in [2.05, 4.69) is 40.7 Å². The van der Waals surface area contributed by atoms with Crippen LogP contribution in [0.5, 0.6) is 0 Å². The quantitative estimate of drug-likeness (QED) is 0.638. The summed E-state index contributed by atoms with van der Waals surface area (Å²) in [5, 5.41) is 11.4. The van der Waals surface area contributed by atoms with Gasteiger partial charge in [-0.25, -0.2) is 0 Å². The van der Waals surface area contributed by atoms with Crippen LogP contribution in [0, 0.1) is 52.3 Å². The Morgan fingerprint density at radius 2 is 1.97 bits per heavy atom. The van der Waals surface area contributed by atoms with Gasteiger partial charge in [0.25, 0.3) is 0 Å². The molecule has 7 unspecified atom stereocenters. The molecule has 5 rings (SSSR count). The highest BCUT2D eigenvalue weighted by Crippen LogP contribution is 2.70. The molecule has 1 heterocycles. The van der Waals surface area contributed by atoms with E-state index in [1.165, 1.54) is 25.7 Å². The first-order valence-electron chi connectivity index (χ1n) is 12.7. The minimum atomic E-state index is -0.930. The van der Waals surface area contributed by atoms with Crippen LogP contribution in [-0.2, 0) is 9.53 Å². The molecule has 0 aromatic rings. The average Bonchev–Trinajstić information content (AvgIpc) is 3.11. The molecule has 4 fully saturated rings. The van der Waals surface area contributed by atoms with Crippen LogP contribution in [0.3, 0.4) is 0 Å². The third-order valence-electron chi connectivity index (χ3n) is 10.8. The fourth-order valence-corrected chi connectivity index (χ4v) is 9.11. The Balaban J connectivity index is 1.40. The second-order valence-corrected chi connectivity index (χ2v) is 12.5. The molecule has 0 spiro atoms. The van der Waals surface area contributed by atoms with Gasteiger partial charge in [0.1, 0.15) is 0 Å². The van der Waals surface area contributed by atoms with Crippen molar-refractivity contribution in [3.8, 4) is 0 Å². The second kappa shape index (κ2) is 6.91. The molecule has 3 heteroatoms. The predicted octanol–water partition coefficient (Wildman–Crippen LogP) is 5.76. The number of hydrogen-bond donors (Lipinski definition) is 1. The minimum Gasteiger partial charge on any atom is -0.365 e. The zero-order chi connectivity index (χ0) is 21.5. The zero-order valence-electron chi connectivity index (χ0n) is 19.7. The summed E-state index contributed by atoms with van der Waals surface area (Å²) in [6, 6.07) is 0. The van der Waals surface area contributed by atoms with Crippen LogP contribution in [0.15, 0.2) is 12.2 Å². The van der Waals surface area contributed by atoms with Crippen LogP contribution in [0.2, 0.25) is 0 Å². The molecular weight excluding hydrogens is 372 g/mol. The van der Waals surface area contributed by atoms with E-state index < -0.39 is 5.79 Å². The van der Waals surface area contributed by atoms with Gasteiger partial charge in [-0.3, -0.25) is 4.79 Å². The number of ketones is 1. The molecule has 0 radical (unpaired) electrons. The molecule has 3 nitrogen and oxygen atoms in total. The summed E-state index contributed by atoms with van der Waals surface area (Å²) in [6.45, 7) is 11.7. The molecule has 0 aromatic carbocycles. The van der Waals surface area contributed by atoms with Crippen LogP contribution in [0.4, 0.5) is 0 Å². The molecule has 10 atom stereocenters. The number of aliphatic hydroxyl groups is 1. The van der Waals surface area contributed by atoms with Crippen molar-refractivity contribution < 1.29 is 14.6 Å². The molecule has 1 aliphatic heterocycles. The highest BCUT2D eigenvalue weighted by molar-refractivity contribution is 5.91. The maximum Gasteiger partial charge on any atom is 0.168 e. The van der Waals surface area contributed by atoms with E-state index in [-0.39, 0.29) is 22.9 Å². The molecule has 30 heavy (non-hydrogen) atoms. The van der Waals surface area contributed by atoms with Gasteiger partial charge in [-0.05, 0) is 90.9 Å². The molecule has 1 saturated heterocycles. The van der Waals surface area contributed by atoms with Crippen molar-refractivity contribution in [3.63, 3.8) is 0 Å². The van der Waals surface area contributed by atoms with Crippen molar-refractivity contribution >= 4 is 5.78 Å². The lowest BCUT2D eigenvalue weighted by molar-refractivity contribution is -0.221. The van der Waals surface area contributed by atoms with Gasteiger partial charge in [0.05, 0.1) is 6.10 Å². The Labute approximate surface area is 183 Å². The number of rotatable bonds is 3. The van der Waals surface area contributed by atoms with Crippen molar-refractivity contribution in [3.05, 3.63) is 12.2 Å². The van der Waals surface area contributed by atoms with Crippen molar-refractivity contribution in [2.45, 2.75) is 97.9 Å². The molecule has 1 N–H and O–H groups in total. The fourth-order valence-electron chi connectivity index (χ4n) is 9.11. The summed E-state index contributed by atoms with van der Waals surface area (Å²) < 4.78 is 6.52. The Morgan fingerprint density at radius 3 is 2.70 bits per heavy atom. The first-order chi connectivity index (χ1) is 14.1. The van der Waals surface area contributed by atoms with Crippen molar-refractivity contribution in [2.24, 2.45) is 52.3 Å². The first kappa shape index (κ1) is 21.2. The standard InChI is InChI=1S/C27H42O3/c1-16(2)8-13-27(29)17(3)24-23(30-27)15-22-20-7-6-18-14-19(28)9-11-25(18,4)21(20)10-12-26(22,24)5/h9,11,16-18,20-24,29H,6-8,10,12-15H2,1-5H3/t17?,18?,20?,21?,22?,23?,24?,25-,26-,27-/m1/s1. The third kappa shape index (κ3) is 2.86. The summed E-state index contributed by atoms with van der Waals surface area (Å²) in [5.74, 6) is 3.37. The predicted molar refractivity (Wildman–Crippen MR) is 119 cm³/mol. The van der Waals surface area contributed by atoms with Crippen LogP contribution in [-0.4, -0.2) is 22.8 Å². The molecule has 168 valence electrons. The van der Waals surface area contributed by atoms with Crippen LogP contribution >= 0.6 is 0 Å². The fraction of sp³-hybridized carbons (Fsp3) is 0.889. The van der Waals surface area contributed by atoms with Crippen LogP contribution < -0.4 is 0 Å². The SMILES string of the molecule is CC(C)CC[C@@]1(O)OC2CC3C4CCC5CC(=O)C=C[C@@]5(C)C4CC[C@@]3(C)C2C1C. The summed E-state index contributed by atoms with van der Waals surface area (Å²) >= 11 is 0. The van der Waals surface area contributed by atoms with Gasteiger partial charge >= 0.3 is 0 Å². The average molecular weight is 415 g/mol. The maximum absolute atomic E-state index is 12.1. The number of ether oxygens (including phenoxy) is 1. The highest BCUT2D eigenvalue weighted by atomic mass is 16.6. The van der Waals surface area contributed by atoms with E-state index >= 15 is 0 Å². The highest BCUT2D eigenvalue weighted by Gasteiger charge is 2.68. The number of fused-ring (bicyclic) bond motifs is 7. The van der Waals surface area contributed by atoms with Gasteiger partial charge in [-0.2, -0.15) is 0 Å². The Morgan fingerprint density at radius 1 is 1.20 bits per heavy atom. The summed E-state index contributed by atoms with van der Waals surface area (Å²) in [7, 11) is 0. The summed E-state index contributed by atoms with van der Waals surface area (Å²) in [5.41, 5.74) is 0.477. The molecule has 4 aliphatic carbocycles. The number of allylic oxidation sites excluding steroid dienone is 2. The number of carbonyl (C=O) groups is 1. The molecule has 0 bridgehead atoms. The van der Waals surface area contributed by atoms with Crippen molar-refractivity contribution in [1.29, 1.82) is 0 Å². The number of hydrogen-bond acceptors (Lipinski definition) is 3. The molecular formula is C27H42O3. The van der Waals surface area contributed by atoms with Gasteiger partial charge in [0, 0.05) is 18.8 Å². The third-order valence-corrected chi connectivity index (χ3v) is 10.8. The van der Waals surface area contributed by atoms with E-state index in [0.717, 1.165) is 31.6 Å². The minimum absolute atomic E-state index is 0.195. The van der Waals surface area contributed by atoms with Crippen LogP contribution in [0.1, 0.15) is 86.0 Å². The van der Waals surface area contributed by atoms with E-state index in [0.29, 0.717) is 35.4 Å². The smallest absolute Gasteiger partial charge is 0.168 e. The van der Waals surface area contributed by atoms with Crippen LogP contribution in [0.25, 0.3) is 0 Å². The van der Waals surface area contributed by atoms with E-state index in [1.54, 1.807) is 0 Å². The lowest BCUT2D eigenvalue weighted by atomic mass is 9.45.